The molecule has 2 N–H and O–H groups in total. The highest BCUT2D eigenvalue weighted by atomic mass is 16.2. The van der Waals surface area contributed by atoms with E-state index >= 15 is 0 Å². The first-order chi connectivity index (χ1) is 10.7. The normalized spacial score (nSPS) is 13.1. The maximum absolute atomic E-state index is 11.9. The highest BCUT2D eigenvalue weighted by Crippen LogP contribution is 2.28. The Balaban J connectivity index is 1.77. The fourth-order valence-corrected chi connectivity index (χ4v) is 2.75. The minimum atomic E-state index is -0.358. The Kier molecular flexibility index (Phi) is 2.69. The minimum absolute atomic E-state index is 0.345. The lowest BCUT2D eigenvalue weighted by molar-refractivity contribution is 0.0880. The summed E-state index contributed by atoms with van der Waals surface area (Å²) >= 11 is 0. The standard InChI is InChI=1S/C18H12N2O2/c21-17-14-6-3-7-15(16(14)18(22)20-17)19-13-9-8-11-4-1-2-5-12(11)10-13/h1-10,19H,(H,20,21,22). The number of hydrogen-bond acceptors (Lipinski definition) is 3. The van der Waals surface area contributed by atoms with Crippen LogP contribution in [0.25, 0.3) is 10.8 Å². The van der Waals surface area contributed by atoms with Crippen LogP contribution in [0.1, 0.15) is 20.7 Å². The third-order valence-corrected chi connectivity index (χ3v) is 3.79. The Bertz CT molecular complexity index is 931. The van der Waals surface area contributed by atoms with E-state index in [0.717, 1.165) is 16.5 Å². The summed E-state index contributed by atoms with van der Waals surface area (Å²) in [7, 11) is 0. The van der Waals surface area contributed by atoms with Crippen molar-refractivity contribution in [2.45, 2.75) is 0 Å². The summed E-state index contributed by atoms with van der Waals surface area (Å²) in [6.45, 7) is 0. The molecule has 1 aliphatic heterocycles. The molecular formula is C18H12N2O2. The van der Waals surface area contributed by atoms with Gasteiger partial charge < -0.3 is 5.32 Å². The van der Waals surface area contributed by atoms with Crippen LogP contribution in [0.4, 0.5) is 11.4 Å². The van der Waals surface area contributed by atoms with Crippen LogP contribution in [0.2, 0.25) is 0 Å². The van der Waals surface area contributed by atoms with Gasteiger partial charge in [-0.1, -0.05) is 36.4 Å². The van der Waals surface area contributed by atoms with Crippen LogP contribution in [0.15, 0.2) is 60.7 Å². The van der Waals surface area contributed by atoms with Gasteiger partial charge in [0, 0.05) is 5.69 Å². The number of fused-ring (bicyclic) bond motifs is 2. The molecule has 106 valence electrons. The zero-order valence-electron chi connectivity index (χ0n) is 11.6. The van der Waals surface area contributed by atoms with E-state index in [2.05, 4.69) is 10.6 Å². The van der Waals surface area contributed by atoms with Gasteiger partial charge in [-0.15, -0.1) is 0 Å². The molecule has 0 saturated heterocycles. The van der Waals surface area contributed by atoms with Gasteiger partial charge in [-0.3, -0.25) is 14.9 Å². The smallest absolute Gasteiger partial charge is 0.261 e. The first-order valence-electron chi connectivity index (χ1n) is 6.97. The van der Waals surface area contributed by atoms with Crippen LogP contribution >= 0.6 is 0 Å². The monoisotopic (exact) mass is 288 g/mol. The van der Waals surface area contributed by atoms with Gasteiger partial charge >= 0.3 is 0 Å². The van der Waals surface area contributed by atoms with Crippen LogP contribution in [0.5, 0.6) is 0 Å². The fourth-order valence-electron chi connectivity index (χ4n) is 2.75. The van der Waals surface area contributed by atoms with E-state index in [1.807, 2.05) is 42.5 Å². The topological polar surface area (TPSA) is 58.2 Å². The second-order valence-corrected chi connectivity index (χ2v) is 5.20. The van der Waals surface area contributed by atoms with Gasteiger partial charge in [-0.2, -0.15) is 0 Å². The molecule has 2 amide bonds. The van der Waals surface area contributed by atoms with Gasteiger partial charge in [0.1, 0.15) is 0 Å². The summed E-state index contributed by atoms with van der Waals surface area (Å²) in [6.07, 6.45) is 0. The summed E-state index contributed by atoms with van der Waals surface area (Å²) in [5, 5.41) is 7.82. The molecule has 0 spiro atoms. The molecule has 1 aliphatic rings. The van der Waals surface area contributed by atoms with Gasteiger partial charge in [0.05, 0.1) is 16.8 Å². The van der Waals surface area contributed by atoms with E-state index in [1.54, 1.807) is 18.2 Å². The number of amides is 2. The Labute approximate surface area is 126 Å². The molecule has 0 saturated carbocycles. The molecule has 0 atom stereocenters. The number of benzene rings is 3. The average molecular weight is 288 g/mol. The van der Waals surface area contributed by atoms with Crippen molar-refractivity contribution in [2.75, 3.05) is 5.32 Å². The molecule has 0 bridgehead atoms. The maximum atomic E-state index is 11.9. The van der Waals surface area contributed by atoms with Crippen molar-refractivity contribution >= 4 is 34.0 Å². The van der Waals surface area contributed by atoms with Crippen LogP contribution < -0.4 is 10.6 Å². The van der Waals surface area contributed by atoms with E-state index < -0.39 is 0 Å². The van der Waals surface area contributed by atoms with Crippen molar-refractivity contribution in [3.63, 3.8) is 0 Å². The highest BCUT2D eigenvalue weighted by Gasteiger charge is 2.29. The van der Waals surface area contributed by atoms with Crippen LogP contribution in [0, 0.1) is 0 Å². The molecule has 0 aliphatic carbocycles. The molecule has 3 aromatic carbocycles. The minimum Gasteiger partial charge on any atom is -0.355 e. The third-order valence-electron chi connectivity index (χ3n) is 3.79. The van der Waals surface area contributed by atoms with Crippen molar-refractivity contribution in [3.8, 4) is 0 Å². The quantitative estimate of drug-likeness (QED) is 0.710. The molecule has 4 rings (SSSR count). The predicted octanol–water partition coefficient (Wildman–Crippen LogP) is 3.47. The van der Waals surface area contributed by atoms with E-state index in [-0.39, 0.29) is 11.8 Å². The van der Waals surface area contributed by atoms with Crippen molar-refractivity contribution in [2.24, 2.45) is 0 Å². The Morgan fingerprint density at radius 2 is 1.59 bits per heavy atom. The number of carbonyl (C=O) groups excluding carboxylic acids is 2. The molecule has 22 heavy (non-hydrogen) atoms. The number of carbonyl (C=O) groups is 2. The molecule has 3 aromatic rings. The van der Waals surface area contributed by atoms with E-state index in [1.165, 1.54) is 0 Å². The van der Waals surface area contributed by atoms with Crippen LogP contribution in [-0.2, 0) is 0 Å². The molecule has 0 fully saturated rings. The summed E-state index contributed by atoms with van der Waals surface area (Å²) in [6, 6.07) is 19.3. The number of imide groups is 1. The van der Waals surface area contributed by atoms with E-state index in [9.17, 15) is 9.59 Å². The van der Waals surface area contributed by atoms with Crippen molar-refractivity contribution in [1.29, 1.82) is 0 Å². The maximum Gasteiger partial charge on any atom is 0.261 e. The predicted molar refractivity (Wildman–Crippen MR) is 85.5 cm³/mol. The van der Waals surface area contributed by atoms with Crippen molar-refractivity contribution < 1.29 is 9.59 Å². The van der Waals surface area contributed by atoms with Crippen LogP contribution in [0.3, 0.4) is 0 Å². The zero-order valence-corrected chi connectivity index (χ0v) is 11.6. The number of nitrogens with one attached hydrogen (secondary N) is 2. The molecule has 1 heterocycles. The van der Waals surface area contributed by atoms with Gasteiger partial charge in [0.2, 0.25) is 0 Å². The molecule has 0 radical (unpaired) electrons. The highest BCUT2D eigenvalue weighted by molar-refractivity contribution is 6.24. The second kappa shape index (κ2) is 4.70. The van der Waals surface area contributed by atoms with Gasteiger partial charge in [-0.05, 0) is 35.0 Å². The fraction of sp³-hybridized carbons (Fsp3) is 0. The van der Waals surface area contributed by atoms with E-state index in [0.29, 0.717) is 16.8 Å². The molecular weight excluding hydrogens is 276 g/mol. The lowest BCUT2D eigenvalue weighted by atomic mass is 10.1. The Hall–Kier alpha value is -3.14. The third kappa shape index (κ3) is 1.93. The lowest BCUT2D eigenvalue weighted by Crippen LogP contribution is -2.20. The van der Waals surface area contributed by atoms with Gasteiger partial charge in [0.25, 0.3) is 11.8 Å². The summed E-state index contributed by atoms with van der Waals surface area (Å²) in [5.74, 6) is -0.703. The summed E-state index contributed by atoms with van der Waals surface area (Å²) < 4.78 is 0. The van der Waals surface area contributed by atoms with Crippen LogP contribution in [-0.4, -0.2) is 11.8 Å². The number of hydrogen-bond donors (Lipinski definition) is 2. The number of rotatable bonds is 2. The van der Waals surface area contributed by atoms with Crippen molar-refractivity contribution in [3.05, 3.63) is 71.8 Å². The Morgan fingerprint density at radius 1 is 0.773 bits per heavy atom. The molecule has 4 heteroatoms. The average Bonchev–Trinajstić information content (AvgIpc) is 2.83. The lowest BCUT2D eigenvalue weighted by Gasteiger charge is -2.10. The van der Waals surface area contributed by atoms with Gasteiger partial charge in [-0.25, -0.2) is 0 Å². The second-order valence-electron chi connectivity index (χ2n) is 5.20. The summed E-state index contributed by atoms with van der Waals surface area (Å²) in [5.41, 5.74) is 2.33. The first kappa shape index (κ1) is 12.6. The molecule has 4 nitrogen and oxygen atoms in total. The summed E-state index contributed by atoms with van der Waals surface area (Å²) in [4.78, 5) is 23.6. The molecule has 0 unspecified atom stereocenters. The van der Waals surface area contributed by atoms with E-state index in [4.69, 9.17) is 0 Å². The SMILES string of the molecule is O=C1NC(=O)c2c(Nc3ccc4ccccc4c3)cccc21. The van der Waals surface area contributed by atoms with Crippen molar-refractivity contribution in [1.82, 2.24) is 5.32 Å². The number of anilines is 2. The molecule has 0 aromatic heterocycles. The van der Waals surface area contributed by atoms with Gasteiger partial charge in [0.15, 0.2) is 0 Å². The first-order valence-corrected chi connectivity index (χ1v) is 6.97. The largest absolute Gasteiger partial charge is 0.355 e. The Morgan fingerprint density at radius 3 is 2.45 bits per heavy atom. The zero-order chi connectivity index (χ0) is 15.1.